The molecular weight excluding hydrogens is 293 g/mol. The van der Waals surface area contributed by atoms with E-state index in [0.29, 0.717) is 23.3 Å². The zero-order valence-corrected chi connectivity index (χ0v) is 12.7. The van der Waals surface area contributed by atoms with Crippen molar-refractivity contribution in [3.63, 3.8) is 0 Å². The minimum absolute atomic E-state index is 0.0361. The Hall–Kier alpha value is -3.06. The molecule has 23 heavy (non-hydrogen) atoms. The zero-order valence-electron chi connectivity index (χ0n) is 12.7. The maximum atomic E-state index is 13.9. The highest BCUT2D eigenvalue weighted by molar-refractivity contribution is 5.90. The van der Waals surface area contributed by atoms with Gasteiger partial charge >= 0.3 is 0 Å². The first kappa shape index (κ1) is 16.3. The Balaban J connectivity index is 2.56. The van der Waals surface area contributed by atoms with Gasteiger partial charge in [0.1, 0.15) is 5.82 Å². The van der Waals surface area contributed by atoms with Crippen LogP contribution < -0.4 is 4.74 Å². The van der Waals surface area contributed by atoms with Gasteiger partial charge in [0, 0.05) is 11.1 Å². The Kier molecular flexibility index (Phi) is 5.16. The van der Waals surface area contributed by atoms with Crippen LogP contribution in [-0.2, 0) is 6.42 Å². The molecule has 0 aromatic heterocycles. The molecule has 3 nitrogen and oxygen atoms in total. The number of halogens is 1. The number of hydrogen-bond acceptors (Lipinski definition) is 3. The van der Waals surface area contributed by atoms with Crippen LogP contribution in [0, 0.1) is 17.1 Å². The Morgan fingerprint density at radius 3 is 2.74 bits per heavy atom. The second-order valence-corrected chi connectivity index (χ2v) is 4.87. The summed E-state index contributed by atoms with van der Waals surface area (Å²) in [6.45, 7) is 3.65. The zero-order chi connectivity index (χ0) is 16.8. The van der Waals surface area contributed by atoms with E-state index >= 15 is 0 Å². The van der Waals surface area contributed by atoms with E-state index in [2.05, 4.69) is 6.58 Å². The highest BCUT2D eigenvalue weighted by Gasteiger charge is 2.11. The van der Waals surface area contributed by atoms with Crippen LogP contribution in [0.25, 0.3) is 11.6 Å². The van der Waals surface area contributed by atoms with Crippen molar-refractivity contribution in [1.82, 2.24) is 0 Å². The van der Waals surface area contributed by atoms with Crippen LogP contribution in [0.15, 0.2) is 49.1 Å². The molecule has 0 amide bonds. The molecule has 0 fully saturated rings. The van der Waals surface area contributed by atoms with Crippen molar-refractivity contribution < 1.29 is 14.2 Å². The van der Waals surface area contributed by atoms with Crippen LogP contribution in [0.2, 0.25) is 0 Å². The summed E-state index contributed by atoms with van der Waals surface area (Å²) >= 11 is 0. The largest absolute Gasteiger partial charge is 0.504 e. The Morgan fingerprint density at radius 2 is 2.13 bits per heavy atom. The Bertz CT molecular complexity index is 804. The predicted molar refractivity (Wildman–Crippen MR) is 88.4 cm³/mol. The number of phenolic OH excluding ortho intramolecular Hbond substituents is 1. The number of rotatable bonds is 5. The molecule has 2 aromatic carbocycles. The van der Waals surface area contributed by atoms with Crippen molar-refractivity contribution in [1.29, 1.82) is 5.26 Å². The van der Waals surface area contributed by atoms with Crippen molar-refractivity contribution in [3.8, 4) is 17.6 Å². The number of allylic oxidation sites excluding steroid dienone is 2. The monoisotopic (exact) mass is 309 g/mol. The minimum Gasteiger partial charge on any atom is -0.504 e. The molecule has 0 spiro atoms. The van der Waals surface area contributed by atoms with Crippen LogP contribution in [0.4, 0.5) is 4.39 Å². The molecule has 0 aliphatic carbocycles. The van der Waals surface area contributed by atoms with Crippen LogP contribution >= 0.6 is 0 Å². The fraction of sp³-hybridized carbons (Fsp3) is 0.105. The van der Waals surface area contributed by atoms with Gasteiger partial charge in [-0.3, -0.25) is 0 Å². The van der Waals surface area contributed by atoms with Gasteiger partial charge < -0.3 is 9.84 Å². The van der Waals surface area contributed by atoms with E-state index in [4.69, 9.17) is 4.74 Å². The topological polar surface area (TPSA) is 53.2 Å². The molecule has 1 N–H and O–H groups in total. The molecule has 2 rings (SSSR count). The summed E-state index contributed by atoms with van der Waals surface area (Å²) in [4.78, 5) is 0. The maximum Gasteiger partial charge on any atom is 0.161 e. The van der Waals surface area contributed by atoms with Crippen LogP contribution in [0.3, 0.4) is 0 Å². The number of nitriles is 1. The van der Waals surface area contributed by atoms with E-state index < -0.39 is 5.82 Å². The number of benzene rings is 2. The van der Waals surface area contributed by atoms with Crippen molar-refractivity contribution in [2.45, 2.75) is 6.42 Å². The fourth-order valence-corrected chi connectivity index (χ4v) is 2.26. The van der Waals surface area contributed by atoms with Crippen molar-refractivity contribution in [2.24, 2.45) is 0 Å². The first-order valence-corrected chi connectivity index (χ1v) is 6.98. The Morgan fingerprint density at radius 1 is 1.39 bits per heavy atom. The molecule has 0 saturated heterocycles. The number of phenols is 1. The summed E-state index contributed by atoms with van der Waals surface area (Å²) in [7, 11) is 1.45. The first-order valence-electron chi connectivity index (χ1n) is 6.98. The quantitative estimate of drug-likeness (QED) is 0.508. The van der Waals surface area contributed by atoms with Crippen LogP contribution in [0.5, 0.6) is 11.5 Å². The van der Waals surface area contributed by atoms with Gasteiger partial charge in [-0.25, -0.2) is 4.39 Å². The average molecular weight is 309 g/mol. The van der Waals surface area contributed by atoms with Crippen molar-refractivity contribution >= 4 is 11.6 Å². The summed E-state index contributed by atoms with van der Waals surface area (Å²) in [6, 6.07) is 11.4. The standard InChI is InChI=1S/C19H16FNO2/c1-3-6-14-9-13(11-18(23-2)19(14)22)10-15(12-21)16-7-4-5-8-17(16)20/h3-5,7-11,22H,1,6H2,2H3/b15-10-. The predicted octanol–water partition coefficient (Wildman–Crippen LogP) is 4.33. The van der Waals surface area contributed by atoms with E-state index in [0.717, 1.165) is 0 Å². The highest BCUT2D eigenvalue weighted by atomic mass is 19.1. The molecule has 2 aromatic rings. The molecule has 0 unspecified atom stereocenters. The summed E-state index contributed by atoms with van der Waals surface area (Å²) < 4.78 is 19.0. The molecule has 0 saturated carbocycles. The summed E-state index contributed by atoms with van der Waals surface area (Å²) in [5.41, 5.74) is 1.68. The number of ether oxygens (including phenoxy) is 1. The molecule has 116 valence electrons. The summed E-state index contributed by atoms with van der Waals surface area (Å²) in [5, 5.41) is 19.4. The van der Waals surface area contributed by atoms with E-state index in [9.17, 15) is 14.8 Å². The molecule has 0 aliphatic rings. The van der Waals surface area contributed by atoms with Gasteiger partial charge in [-0.15, -0.1) is 6.58 Å². The number of hydrogen-bond donors (Lipinski definition) is 1. The third kappa shape index (κ3) is 3.58. The summed E-state index contributed by atoms with van der Waals surface area (Å²) in [6.07, 6.45) is 3.67. The normalized spacial score (nSPS) is 10.9. The smallest absolute Gasteiger partial charge is 0.161 e. The lowest BCUT2D eigenvalue weighted by atomic mass is 10.0. The lowest BCUT2D eigenvalue weighted by molar-refractivity contribution is 0.371. The highest BCUT2D eigenvalue weighted by Crippen LogP contribution is 2.33. The molecule has 4 heteroatoms. The fourth-order valence-electron chi connectivity index (χ4n) is 2.26. The first-order chi connectivity index (χ1) is 11.1. The third-order valence-electron chi connectivity index (χ3n) is 3.36. The number of nitrogens with zero attached hydrogens (tertiary/aromatic N) is 1. The Labute approximate surface area is 134 Å². The molecule has 0 radical (unpaired) electrons. The van der Waals surface area contributed by atoms with E-state index in [1.807, 2.05) is 6.07 Å². The second kappa shape index (κ2) is 7.28. The van der Waals surface area contributed by atoms with E-state index in [-0.39, 0.29) is 16.9 Å². The van der Waals surface area contributed by atoms with Crippen molar-refractivity contribution in [2.75, 3.05) is 7.11 Å². The van der Waals surface area contributed by atoms with Crippen LogP contribution in [-0.4, -0.2) is 12.2 Å². The molecule has 0 aliphatic heterocycles. The molecular formula is C19H16FNO2. The van der Waals surface area contributed by atoms with E-state index in [1.54, 1.807) is 42.5 Å². The molecule has 0 bridgehead atoms. The minimum atomic E-state index is -0.461. The van der Waals surface area contributed by atoms with E-state index in [1.165, 1.54) is 13.2 Å². The van der Waals surface area contributed by atoms with Crippen LogP contribution in [0.1, 0.15) is 16.7 Å². The lowest BCUT2D eigenvalue weighted by Gasteiger charge is -2.10. The van der Waals surface area contributed by atoms with Gasteiger partial charge in [-0.1, -0.05) is 24.3 Å². The third-order valence-corrected chi connectivity index (χ3v) is 3.36. The van der Waals surface area contributed by atoms with Gasteiger partial charge in [0.25, 0.3) is 0 Å². The lowest BCUT2D eigenvalue weighted by Crippen LogP contribution is -1.92. The second-order valence-electron chi connectivity index (χ2n) is 4.87. The van der Waals surface area contributed by atoms with Gasteiger partial charge in [0.15, 0.2) is 11.5 Å². The summed E-state index contributed by atoms with van der Waals surface area (Å²) in [5.74, 6) is -0.132. The van der Waals surface area contributed by atoms with Gasteiger partial charge in [0.2, 0.25) is 0 Å². The van der Waals surface area contributed by atoms with Gasteiger partial charge in [-0.05, 0) is 36.3 Å². The maximum absolute atomic E-state index is 13.9. The van der Waals surface area contributed by atoms with Gasteiger partial charge in [0.05, 0.1) is 18.8 Å². The van der Waals surface area contributed by atoms with Gasteiger partial charge in [-0.2, -0.15) is 5.26 Å². The van der Waals surface area contributed by atoms with Crippen molar-refractivity contribution in [3.05, 3.63) is 71.6 Å². The number of aromatic hydroxyl groups is 1. The molecule has 0 heterocycles. The number of methoxy groups -OCH3 is 1. The average Bonchev–Trinajstić information content (AvgIpc) is 2.56. The molecule has 0 atom stereocenters. The SMILES string of the molecule is C=CCc1cc(/C=C(/C#N)c2ccccc2F)cc(OC)c1O.